The Hall–Kier alpha value is -0.590. The van der Waals surface area contributed by atoms with E-state index in [0.717, 1.165) is 25.7 Å². The van der Waals surface area contributed by atoms with Crippen molar-refractivity contribution in [1.29, 1.82) is 0 Å². The number of Topliss-reactive ketones (excluding diaryl/α,β-unsaturated/α-hetero) is 1. The number of hydrogen-bond acceptors (Lipinski definition) is 1. The van der Waals surface area contributed by atoms with E-state index >= 15 is 0 Å². The van der Waals surface area contributed by atoms with Gasteiger partial charge in [-0.1, -0.05) is 12.2 Å². The van der Waals surface area contributed by atoms with E-state index in [9.17, 15) is 4.79 Å². The van der Waals surface area contributed by atoms with Crippen LogP contribution >= 0.6 is 0 Å². The van der Waals surface area contributed by atoms with Gasteiger partial charge in [-0.15, -0.1) is 0 Å². The second-order valence-electron chi connectivity index (χ2n) is 3.29. The molecule has 2 aliphatic rings. The molecule has 0 spiro atoms. The normalized spacial score (nSPS) is 38.2. The summed E-state index contributed by atoms with van der Waals surface area (Å²) in [5, 5.41) is 0. The van der Waals surface area contributed by atoms with Crippen LogP contribution in [0.25, 0.3) is 0 Å². The van der Waals surface area contributed by atoms with E-state index in [1.807, 2.05) is 0 Å². The molecular weight excluding hydrogens is 124 g/mol. The predicted octanol–water partition coefficient (Wildman–Crippen LogP) is 1.93. The standard InChI is InChI=1S/C9H12O/c10-9-5-3-1-2-4-7-6-8(7)9/h2,4,7-8H,1,3,5-6H2/t7-,8+/m0/s1. The predicted molar refractivity (Wildman–Crippen MR) is 39.6 cm³/mol. The molecule has 2 rings (SSSR count). The second-order valence-corrected chi connectivity index (χ2v) is 3.29. The quantitative estimate of drug-likeness (QED) is 0.465. The van der Waals surface area contributed by atoms with Crippen molar-refractivity contribution in [3.8, 4) is 0 Å². The molecule has 0 bridgehead atoms. The van der Waals surface area contributed by atoms with Crippen LogP contribution in [-0.4, -0.2) is 5.78 Å². The molecule has 0 N–H and O–H groups in total. The third-order valence-corrected chi connectivity index (χ3v) is 2.43. The Labute approximate surface area is 61.1 Å². The van der Waals surface area contributed by atoms with E-state index in [2.05, 4.69) is 12.2 Å². The molecule has 0 aromatic carbocycles. The summed E-state index contributed by atoms with van der Waals surface area (Å²) in [5.41, 5.74) is 0. The van der Waals surface area contributed by atoms with Gasteiger partial charge >= 0.3 is 0 Å². The highest BCUT2D eigenvalue weighted by Crippen LogP contribution is 2.42. The molecule has 1 heteroatoms. The molecule has 54 valence electrons. The summed E-state index contributed by atoms with van der Waals surface area (Å²) in [7, 11) is 0. The third kappa shape index (κ3) is 1.00. The first-order valence-corrected chi connectivity index (χ1v) is 4.07. The molecule has 0 aromatic heterocycles. The monoisotopic (exact) mass is 136 g/mol. The van der Waals surface area contributed by atoms with Gasteiger partial charge in [-0.2, -0.15) is 0 Å². The molecule has 10 heavy (non-hydrogen) atoms. The van der Waals surface area contributed by atoms with Gasteiger partial charge in [0.15, 0.2) is 0 Å². The van der Waals surface area contributed by atoms with E-state index in [-0.39, 0.29) is 0 Å². The van der Waals surface area contributed by atoms with Gasteiger partial charge in [0, 0.05) is 12.3 Å². The van der Waals surface area contributed by atoms with Crippen LogP contribution in [-0.2, 0) is 4.79 Å². The molecule has 2 aliphatic carbocycles. The zero-order chi connectivity index (χ0) is 6.97. The number of carbonyl (C=O) groups excluding carboxylic acids is 1. The maximum Gasteiger partial charge on any atom is 0.136 e. The number of fused-ring (bicyclic) bond motifs is 1. The summed E-state index contributed by atoms with van der Waals surface area (Å²) in [6, 6.07) is 0. The lowest BCUT2D eigenvalue weighted by Gasteiger charge is -1.99. The molecule has 1 saturated carbocycles. The van der Waals surface area contributed by atoms with Gasteiger partial charge in [0.1, 0.15) is 5.78 Å². The molecule has 0 unspecified atom stereocenters. The van der Waals surface area contributed by atoms with Crippen LogP contribution in [0.2, 0.25) is 0 Å². The number of allylic oxidation sites excluding steroid dienone is 2. The van der Waals surface area contributed by atoms with Crippen molar-refractivity contribution in [2.24, 2.45) is 11.8 Å². The fourth-order valence-corrected chi connectivity index (χ4v) is 1.65. The lowest BCUT2D eigenvalue weighted by atomic mass is 10.1. The fourth-order valence-electron chi connectivity index (χ4n) is 1.65. The van der Waals surface area contributed by atoms with E-state index in [1.165, 1.54) is 0 Å². The van der Waals surface area contributed by atoms with E-state index < -0.39 is 0 Å². The topological polar surface area (TPSA) is 17.1 Å². The van der Waals surface area contributed by atoms with Crippen molar-refractivity contribution in [3.05, 3.63) is 12.2 Å². The van der Waals surface area contributed by atoms with E-state index in [4.69, 9.17) is 0 Å². The summed E-state index contributed by atoms with van der Waals surface area (Å²) in [5.74, 6) is 1.57. The highest BCUT2D eigenvalue weighted by atomic mass is 16.1. The fraction of sp³-hybridized carbons (Fsp3) is 0.667. The van der Waals surface area contributed by atoms with Crippen molar-refractivity contribution >= 4 is 5.78 Å². The molecule has 0 radical (unpaired) electrons. The third-order valence-electron chi connectivity index (χ3n) is 2.43. The summed E-state index contributed by atoms with van der Waals surface area (Å²) in [6.45, 7) is 0. The van der Waals surface area contributed by atoms with Gasteiger partial charge in [-0.25, -0.2) is 0 Å². The summed E-state index contributed by atoms with van der Waals surface area (Å²) >= 11 is 0. The first kappa shape index (κ1) is 6.14. The van der Waals surface area contributed by atoms with Crippen LogP contribution < -0.4 is 0 Å². The molecule has 1 nitrogen and oxygen atoms in total. The zero-order valence-corrected chi connectivity index (χ0v) is 6.05. The first-order valence-electron chi connectivity index (χ1n) is 4.07. The van der Waals surface area contributed by atoms with Gasteiger partial charge in [-0.3, -0.25) is 4.79 Å². The number of carbonyl (C=O) groups is 1. The Bertz CT molecular complexity index is 181. The van der Waals surface area contributed by atoms with Crippen LogP contribution in [0, 0.1) is 11.8 Å². The van der Waals surface area contributed by atoms with Crippen LogP contribution in [0.15, 0.2) is 12.2 Å². The van der Waals surface area contributed by atoms with Crippen molar-refractivity contribution in [3.63, 3.8) is 0 Å². The average Bonchev–Trinajstić information content (AvgIpc) is 2.62. The van der Waals surface area contributed by atoms with Crippen molar-refractivity contribution < 1.29 is 4.79 Å². The molecular formula is C9H12O. The van der Waals surface area contributed by atoms with Gasteiger partial charge in [-0.05, 0) is 25.2 Å². The van der Waals surface area contributed by atoms with Gasteiger partial charge in [0.2, 0.25) is 0 Å². The van der Waals surface area contributed by atoms with Gasteiger partial charge < -0.3 is 0 Å². The minimum absolute atomic E-state index is 0.427. The zero-order valence-electron chi connectivity index (χ0n) is 6.05. The van der Waals surface area contributed by atoms with Crippen LogP contribution in [0.1, 0.15) is 25.7 Å². The highest BCUT2D eigenvalue weighted by molar-refractivity contribution is 5.84. The first-order chi connectivity index (χ1) is 4.88. The lowest BCUT2D eigenvalue weighted by molar-refractivity contribution is -0.120. The molecule has 0 heterocycles. The maximum absolute atomic E-state index is 11.2. The summed E-state index contributed by atoms with van der Waals surface area (Å²) in [6.07, 6.45) is 8.59. The minimum Gasteiger partial charge on any atom is -0.299 e. The molecule has 0 aliphatic heterocycles. The Kier molecular flexibility index (Phi) is 1.37. The van der Waals surface area contributed by atoms with E-state index in [0.29, 0.717) is 17.6 Å². The molecule has 0 aromatic rings. The summed E-state index contributed by atoms with van der Waals surface area (Å²) in [4.78, 5) is 11.2. The van der Waals surface area contributed by atoms with Gasteiger partial charge in [0.25, 0.3) is 0 Å². The highest BCUT2D eigenvalue weighted by Gasteiger charge is 2.40. The van der Waals surface area contributed by atoms with Crippen molar-refractivity contribution in [2.75, 3.05) is 0 Å². The van der Waals surface area contributed by atoms with Crippen molar-refractivity contribution in [2.45, 2.75) is 25.7 Å². The summed E-state index contributed by atoms with van der Waals surface area (Å²) < 4.78 is 0. The maximum atomic E-state index is 11.2. The van der Waals surface area contributed by atoms with Crippen LogP contribution in [0.3, 0.4) is 0 Å². The van der Waals surface area contributed by atoms with E-state index in [1.54, 1.807) is 0 Å². The molecule has 0 amide bonds. The van der Waals surface area contributed by atoms with Gasteiger partial charge in [0.05, 0.1) is 0 Å². The SMILES string of the molecule is O=C1CCCC=C[C@H]2C[C@@H]12. The number of hydrogen-bond donors (Lipinski definition) is 0. The van der Waals surface area contributed by atoms with Crippen molar-refractivity contribution in [1.82, 2.24) is 0 Å². The Balaban J connectivity index is 2.07. The van der Waals surface area contributed by atoms with Crippen LogP contribution in [0.4, 0.5) is 0 Å². The minimum atomic E-state index is 0.427. The molecule has 2 atom stereocenters. The largest absolute Gasteiger partial charge is 0.299 e. The molecule has 1 fully saturated rings. The smallest absolute Gasteiger partial charge is 0.136 e. The Morgan fingerprint density at radius 1 is 1.50 bits per heavy atom. The Morgan fingerprint density at radius 2 is 2.40 bits per heavy atom. The van der Waals surface area contributed by atoms with Crippen LogP contribution in [0.5, 0.6) is 0 Å². The number of rotatable bonds is 0. The lowest BCUT2D eigenvalue weighted by Crippen LogP contribution is -2.02. The Morgan fingerprint density at radius 3 is 3.30 bits per heavy atom. The average molecular weight is 136 g/mol. The number of ketones is 1. The molecule has 0 saturated heterocycles. The second kappa shape index (κ2) is 2.22.